The van der Waals surface area contributed by atoms with Crippen LogP contribution in [-0.4, -0.2) is 41.1 Å². The molecule has 3 aromatic carbocycles. The molecule has 0 bridgehead atoms. The van der Waals surface area contributed by atoms with Crippen LogP contribution in [0.1, 0.15) is 54.0 Å². The zero-order valence-corrected chi connectivity index (χ0v) is 21.8. The summed E-state index contributed by atoms with van der Waals surface area (Å²) in [6.07, 6.45) is 3.01. The Kier molecular flexibility index (Phi) is 8.12. The molecule has 3 aromatic rings. The number of carbonyl (C=O) groups excluding carboxylic acids is 1. The van der Waals surface area contributed by atoms with E-state index in [-0.39, 0.29) is 37.4 Å². The number of hydrogen-bond donors (Lipinski definition) is 1. The van der Waals surface area contributed by atoms with Gasteiger partial charge in [-0.2, -0.15) is 0 Å². The minimum atomic E-state index is -1.11. The lowest BCUT2D eigenvalue weighted by Gasteiger charge is -2.37. The Bertz CT molecular complexity index is 1310. The molecule has 39 heavy (non-hydrogen) atoms. The third kappa shape index (κ3) is 5.91. The van der Waals surface area contributed by atoms with E-state index in [1.54, 1.807) is 18.2 Å². The van der Waals surface area contributed by atoms with E-state index in [9.17, 15) is 19.1 Å². The summed E-state index contributed by atoms with van der Waals surface area (Å²) < 4.78 is 31.3. The molecule has 1 saturated carbocycles. The van der Waals surface area contributed by atoms with Gasteiger partial charge in [-0.1, -0.05) is 61.4 Å². The fourth-order valence-electron chi connectivity index (χ4n) is 5.40. The lowest BCUT2D eigenvalue weighted by Crippen LogP contribution is -2.50. The van der Waals surface area contributed by atoms with E-state index in [2.05, 4.69) is 0 Å². The number of ether oxygens (including phenoxy) is 3. The average molecular weight is 534 g/mol. The molecular formula is C31H32FNO6. The average Bonchev–Trinajstić information content (AvgIpc) is 3.48. The van der Waals surface area contributed by atoms with Gasteiger partial charge in [0.05, 0.1) is 13.2 Å². The Morgan fingerprint density at radius 1 is 1.03 bits per heavy atom. The molecule has 1 fully saturated rings. The zero-order valence-electron chi connectivity index (χ0n) is 21.8. The maximum atomic E-state index is 14.0. The minimum Gasteiger partial charge on any atom is -0.493 e. The van der Waals surface area contributed by atoms with Gasteiger partial charge in [-0.05, 0) is 47.7 Å². The van der Waals surface area contributed by atoms with Gasteiger partial charge in [0.15, 0.2) is 17.6 Å². The number of nitrogens with zero attached hydrogens (tertiary/aromatic N) is 1. The third-order valence-electron chi connectivity index (χ3n) is 7.48. The van der Waals surface area contributed by atoms with Crippen molar-refractivity contribution >= 4 is 11.9 Å². The number of hydrogen-bond acceptors (Lipinski definition) is 5. The molecule has 0 radical (unpaired) electrons. The highest BCUT2D eigenvalue weighted by Gasteiger charge is 2.41. The van der Waals surface area contributed by atoms with E-state index >= 15 is 0 Å². The van der Waals surface area contributed by atoms with E-state index in [0.29, 0.717) is 22.6 Å². The van der Waals surface area contributed by atoms with Crippen LogP contribution >= 0.6 is 0 Å². The van der Waals surface area contributed by atoms with Gasteiger partial charge in [-0.25, -0.2) is 9.18 Å². The predicted octanol–water partition coefficient (Wildman–Crippen LogP) is 5.45. The number of aliphatic carboxylic acids is 1. The Labute approximate surface area is 227 Å². The fraction of sp³-hybridized carbons (Fsp3) is 0.355. The first kappa shape index (κ1) is 26.7. The molecule has 1 aliphatic carbocycles. The summed E-state index contributed by atoms with van der Waals surface area (Å²) in [4.78, 5) is 27.9. The van der Waals surface area contributed by atoms with Crippen LogP contribution in [0.5, 0.6) is 11.5 Å². The first-order chi connectivity index (χ1) is 18.9. The van der Waals surface area contributed by atoms with E-state index < -0.39 is 18.1 Å². The van der Waals surface area contributed by atoms with E-state index in [1.807, 2.05) is 36.4 Å². The molecule has 0 aromatic heterocycles. The number of methoxy groups -OCH3 is 1. The zero-order chi connectivity index (χ0) is 27.4. The fourth-order valence-corrected chi connectivity index (χ4v) is 5.40. The summed E-state index contributed by atoms with van der Waals surface area (Å²) in [5.74, 6) is -0.913. The number of rotatable bonds is 9. The number of amides is 1. The molecule has 8 heteroatoms. The predicted molar refractivity (Wildman–Crippen MR) is 142 cm³/mol. The lowest BCUT2D eigenvalue weighted by molar-refractivity contribution is -0.160. The molecule has 1 heterocycles. The van der Waals surface area contributed by atoms with Crippen molar-refractivity contribution in [2.24, 2.45) is 0 Å². The quantitative estimate of drug-likeness (QED) is 0.394. The van der Waals surface area contributed by atoms with Crippen LogP contribution in [0.15, 0.2) is 66.7 Å². The maximum absolute atomic E-state index is 14.0. The van der Waals surface area contributed by atoms with Crippen LogP contribution in [0.4, 0.5) is 4.39 Å². The van der Waals surface area contributed by atoms with Crippen LogP contribution < -0.4 is 9.47 Å². The third-order valence-corrected chi connectivity index (χ3v) is 7.48. The Balaban J connectivity index is 1.45. The number of halogens is 1. The molecule has 2 atom stereocenters. The van der Waals surface area contributed by atoms with Gasteiger partial charge >= 0.3 is 5.97 Å². The van der Waals surface area contributed by atoms with Gasteiger partial charge in [0.1, 0.15) is 18.5 Å². The van der Waals surface area contributed by atoms with Gasteiger partial charge in [0, 0.05) is 18.5 Å². The van der Waals surface area contributed by atoms with Crippen molar-refractivity contribution in [2.75, 3.05) is 7.11 Å². The molecule has 0 spiro atoms. The molecule has 0 saturated heterocycles. The van der Waals surface area contributed by atoms with Gasteiger partial charge in [-0.15, -0.1) is 0 Å². The first-order valence-electron chi connectivity index (χ1n) is 13.2. The van der Waals surface area contributed by atoms with Crippen LogP contribution in [0.3, 0.4) is 0 Å². The van der Waals surface area contributed by atoms with E-state index in [1.165, 1.54) is 24.1 Å². The normalized spacial score (nSPS) is 17.9. The summed E-state index contributed by atoms with van der Waals surface area (Å²) in [6.45, 7) is 0.248. The molecule has 0 unspecified atom stereocenters. The molecule has 1 amide bonds. The summed E-state index contributed by atoms with van der Waals surface area (Å²) in [6, 6.07) is 17.7. The summed E-state index contributed by atoms with van der Waals surface area (Å²) in [5, 5.41) is 10.2. The number of carboxylic acids is 1. The van der Waals surface area contributed by atoms with E-state index in [4.69, 9.17) is 14.2 Å². The molecule has 7 nitrogen and oxygen atoms in total. The maximum Gasteiger partial charge on any atom is 0.326 e. The second-order valence-corrected chi connectivity index (χ2v) is 10.0. The topological polar surface area (TPSA) is 85.3 Å². The molecule has 2 aliphatic rings. The number of benzene rings is 3. The SMILES string of the molecule is COc1ccc2c(c1OCc1ccc(F)cc1)C[C@@H](C(=O)O)N(C(=O)[C@@H](OC1CCCC1)c1ccccc1)C2. The molecular weight excluding hydrogens is 501 g/mol. The molecule has 1 aliphatic heterocycles. The summed E-state index contributed by atoms with van der Waals surface area (Å²) in [5.41, 5.74) is 2.93. The lowest BCUT2D eigenvalue weighted by atomic mass is 9.91. The molecule has 1 N–H and O–H groups in total. The molecule has 204 valence electrons. The van der Waals surface area contributed by atoms with E-state index in [0.717, 1.165) is 36.8 Å². The number of carbonyl (C=O) groups is 2. The highest BCUT2D eigenvalue weighted by atomic mass is 19.1. The summed E-state index contributed by atoms with van der Waals surface area (Å²) in [7, 11) is 1.52. The van der Waals surface area contributed by atoms with Gasteiger partial charge in [0.2, 0.25) is 0 Å². The van der Waals surface area contributed by atoms with Crippen LogP contribution in [0, 0.1) is 5.82 Å². The standard InChI is InChI=1S/C31H32FNO6/c1-37-27-16-13-22-18-33(30(34)28(21-7-3-2-4-8-21)39-24-9-5-6-10-24)26(31(35)36)17-25(22)29(27)38-19-20-11-14-23(32)15-12-20/h2-4,7-8,11-16,24,26,28H,5-6,9-10,17-19H2,1H3,(H,35,36)/t26-,28-/m0/s1. The van der Waals surface area contributed by atoms with Crippen molar-refractivity contribution in [3.05, 3.63) is 94.8 Å². The Hall–Kier alpha value is -3.91. The largest absolute Gasteiger partial charge is 0.493 e. The van der Waals surface area contributed by atoms with Crippen molar-refractivity contribution in [1.29, 1.82) is 0 Å². The van der Waals surface area contributed by atoms with Crippen LogP contribution in [0.25, 0.3) is 0 Å². The van der Waals surface area contributed by atoms with Crippen LogP contribution in [-0.2, 0) is 33.9 Å². The van der Waals surface area contributed by atoms with Crippen LogP contribution in [0.2, 0.25) is 0 Å². The second-order valence-electron chi connectivity index (χ2n) is 10.0. The number of fused-ring (bicyclic) bond motifs is 1. The first-order valence-corrected chi connectivity index (χ1v) is 13.2. The van der Waals surface area contributed by atoms with Crippen molar-refractivity contribution in [3.8, 4) is 11.5 Å². The molecule has 5 rings (SSSR count). The van der Waals surface area contributed by atoms with Crippen molar-refractivity contribution in [3.63, 3.8) is 0 Å². The second kappa shape index (κ2) is 11.9. The van der Waals surface area contributed by atoms with Crippen molar-refractivity contribution < 1.29 is 33.3 Å². The minimum absolute atomic E-state index is 0.0322. The Morgan fingerprint density at radius 3 is 2.41 bits per heavy atom. The highest BCUT2D eigenvalue weighted by molar-refractivity contribution is 5.88. The van der Waals surface area contributed by atoms with Gasteiger partial charge in [0.25, 0.3) is 5.91 Å². The highest BCUT2D eigenvalue weighted by Crippen LogP contribution is 2.40. The smallest absolute Gasteiger partial charge is 0.326 e. The Morgan fingerprint density at radius 2 is 1.74 bits per heavy atom. The monoisotopic (exact) mass is 533 g/mol. The number of carboxylic acid groups (broad SMARTS) is 1. The summed E-state index contributed by atoms with van der Waals surface area (Å²) >= 11 is 0. The van der Waals surface area contributed by atoms with Crippen molar-refractivity contribution in [2.45, 2.75) is 63.5 Å². The van der Waals surface area contributed by atoms with Gasteiger partial charge in [-0.3, -0.25) is 4.79 Å². The van der Waals surface area contributed by atoms with Crippen molar-refractivity contribution in [1.82, 2.24) is 4.90 Å². The van der Waals surface area contributed by atoms with Gasteiger partial charge < -0.3 is 24.2 Å².